The van der Waals surface area contributed by atoms with E-state index in [0.29, 0.717) is 27.8 Å². The maximum Gasteiger partial charge on any atom is 0.573 e. The summed E-state index contributed by atoms with van der Waals surface area (Å²) >= 11 is 0. The number of pyridine rings is 1. The predicted octanol–water partition coefficient (Wildman–Crippen LogP) is 5.47. The summed E-state index contributed by atoms with van der Waals surface area (Å²) in [6, 6.07) is 12.7. The lowest BCUT2D eigenvalue weighted by molar-refractivity contribution is -0.274. The third-order valence-corrected chi connectivity index (χ3v) is 4.45. The van der Waals surface area contributed by atoms with Gasteiger partial charge in [0.1, 0.15) is 5.75 Å². The van der Waals surface area contributed by atoms with Gasteiger partial charge in [-0.3, -0.25) is 4.79 Å². The van der Waals surface area contributed by atoms with E-state index >= 15 is 0 Å². The van der Waals surface area contributed by atoms with Crippen molar-refractivity contribution >= 4 is 33.2 Å². The van der Waals surface area contributed by atoms with Gasteiger partial charge < -0.3 is 19.8 Å². The molecule has 0 fully saturated rings. The first-order valence-electron chi connectivity index (χ1n) is 8.69. The molecule has 1 aromatic heterocycles. The molecule has 30 heavy (non-hydrogen) atoms. The van der Waals surface area contributed by atoms with Gasteiger partial charge in [-0.25, -0.2) is 4.39 Å². The molecule has 0 amide bonds. The number of fused-ring (bicyclic) bond motifs is 2. The van der Waals surface area contributed by atoms with Gasteiger partial charge in [0.25, 0.3) is 0 Å². The summed E-state index contributed by atoms with van der Waals surface area (Å²) in [6.07, 6.45) is -4.76. The molecule has 4 aromatic rings. The van der Waals surface area contributed by atoms with Crippen LogP contribution in [0, 0.1) is 5.82 Å². The van der Waals surface area contributed by atoms with Crippen molar-refractivity contribution < 1.29 is 27.0 Å². The normalized spacial score (nSPS) is 11.6. The number of anilines is 2. The zero-order valence-electron chi connectivity index (χ0n) is 15.4. The second-order valence-corrected chi connectivity index (χ2v) is 6.44. The maximum absolute atomic E-state index is 14.0. The number of hydrogen-bond acceptors (Lipinski definition) is 4. The summed E-state index contributed by atoms with van der Waals surface area (Å²) in [6.45, 7) is 0. The van der Waals surface area contributed by atoms with Crippen LogP contribution in [-0.4, -0.2) is 18.5 Å². The van der Waals surface area contributed by atoms with E-state index in [2.05, 4.69) is 15.0 Å². The largest absolute Gasteiger partial charge is 0.573 e. The molecule has 0 saturated carbocycles. The molecule has 154 valence electrons. The Labute approximate surface area is 166 Å². The highest BCUT2D eigenvalue weighted by Crippen LogP contribution is 2.27. The molecule has 0 aliphatic rings. The van der Waals surface area contributed by atoms with Crippen molar-refractivity contribution in [3.8, 4) is 11.5 Å². The van der Waals surface area contributed by atoms with Gasteiger partial charge in [0.2, 0.25) is 0 Å². The first-order chi connectivity index (χ1) is 14.2. The molecule has 0 aliphatic heterocycles. The molecule has 0 atom stereocenters. The summed E-state index contributed by atoms with van der Waals surface area (Å²) in [4.78, 5) is 15.9. The van der Waals surface area contributed by atoms with Gasteiger partial charge in [-0.05, 0) is 48.5 Å². The van der Waals surface area contributed by atoms with Crippen LogP contribution in [0.15, 0.2) is 59.4 Å². The van der Waals surface area contributed by atoms with Crippen LogP contribution < -0.4 is 20.2 Å². The molecule has 3 aromatic carbocycles. The van der Waals surface area contributed by atoms with Gasteiger partial charge in [0.05, 0.1) is 12.6 Å². The average molecular weight is 418 g/mol. The van der Waals surface area contributed by atoms with Crippen LogP contribution in [0.25, 0.3) is 21.8 Å². The number of H-pyrrole nitrogens is 1. The third kappa shape index (κ3) is 3.86. The van der Waals surface area contributed by atoms with Crippen molar-refractivity contribution in [1.82, 2.24) is 4.98 Å². The van der Waals surface area contributed by atoms with Crippen molar-refractivity contribution in [1.29, 1.82) is 0 Å². The van der Waals surface area contributed by atoms with Crippen molar-refractivity contribution in [3.63, 3.8) is 0 Å². The Bertz CT molecular complexity index is 1300. The summed E-state index contributed by atoms with van der Waals surface area (Å²) in [5, 5.41) is 3.51. The van der Waals surface area contributed by atoms with E-state index in [0.717, 1.165) is 6.07 Å². The van der Waals surface area contributed by atoms with Crippen LogP contribution in [0.1, 0.15) is 0 Å². The fourth-order valence-corrected chi connectivity index (χ4v) is 3.12. The third-order valence-electron chi connectivity index (χ3n) is 4.45. The van der Waals surface area contributed by atoms with Crippen LogP contribution in [0.4, 0.5) is 28.9 Å². The highest BCUT2D eigenvalue weighted by molar-refractivity contribution is 5.94. The minimum atomic E-state index is -4.76. The fourth-order valence-electron chi connectivity index (χ4n) is 3.12. The number of aromatic nitrogens is 1. The van der Waals surface area contributed by atoms with E-state index in [4.69, 9.17) is 4.74 Å². The second kappa shape index (κ2) is 7.25. The highest BCUT2D eigenvalue weighted by Gasteiger charge is 2.30. The minimum absolute atomic E-state index is 0.0220. The number of methoxy groups -OCH3 is 1. The smallest absolute Gasteiger partial charge is 0.494 e. The zero-order chi connectivity index (χ0) is 21.5. The van der Waals surface area contributed by atoms with E-state index in [1.807, 2.05) is 0 Å². The highest BCUT2D eigenvalue weighted by atomic mass is 19.4. The van der Waals surface area contributed by atoms with Crippen molar-refractivity contribution in [2.45, 2.75) is 6.36 Å². The maximum atomic E-state index is 14.0. The summed E-state index contributed by atoms with van der Waals surface area (Å²) in [5.74, 6) is -0.967. The van der Waals surface area contributed by atoms with E-state index in [9.17, 15) is 22.4 Å². The molecule has 0 aliphatic carbocycles. The number of hydrogen-bond donors (Lipinski definition) is 2. The predicted molar refractivity (Wildman–Crippen MR) is 105 cm³/mol. The lowest BCUT2D eigenvalue weighted by atomic mass is 10.1. The molecule has 4 rings (SSSR count). The molecule has 0 bridgehead atoms. The van der Waals surface area contributed by atoms with Crippen LogP contribution in [0.2, 0.25) is 0 Å². The van der Waals surface area contributed by atoms with Gasteiger partial charge >= 0.3 is 6.36 Å². The van der Waals surface area contributed by atoms with Crippen molar-refractivity contribution in [2.24, 2.45) is 0 Å². The van der Waals surface area contributed by atoms with Crippen LogP contribution in [0.3, 0.4) is 0 Å². The number of rotatable bonds is 4. The molecule has 2 N–H and O–H groups in total. The number of aromatic amines is 1. The number of nitrogens with one attached hydrogen (secondary N) is 2. The topological polar surface area (TPSA) is 63.4 Å². The van der Waals surface area contributed by atoms with Gasteiger partial charge in [-0.1, -0.05) is 0 Å². The zero-order valence-corrected chi connectivity index (χ0v) is 15.4. The van der Waals surface area contributed by atoms with Gasteiger partial charge in [-0.2, -0.15) is 0 Å². The van der Waals surface area contributed by atoms with Crippen LogP contribution in [0.5, 0.6) is 11.5 Å². The molecule has 1 heterocycles. The van der Waals surface area contributed by atoms with Gasteiger partial charge in [-0.15, -0.1) is 13.2 Å². The summed E-state index contributed by atoms with van der Waals surface area (Å²) < 4.78 is 59.6. The molecule has 0 saturated heterocycles. The molecule has 9 heteroatoms. The second-order valence-electron chi connectivity index (χ2n) is 6.44. The SMILES string of the molecule is COc1cc2[nH]c3ccc(Nc4ccc(OC(F)(F)F)cc4)cc3c(=O)c2cc1F. The Balaban J connectivity index is 1.68. The van der Waals surface area contributed by atoms with Crippen LogP contribution in [-0.2, 0) is 0 Å². The molecular formula is C21H14F4N2O3. The van der Waals surface area contributed by atoms with E-state index in [1.165, 1.54) is 37.4 Å². The van der Waals surface area contributed by atoms with E-state index < -0.39 is 12.2 Å². The Kier molecular flexibility index (Phi) is 4.73. The lowest BCUT2D eigenvalue weighted by Crippen LogP contribution is -2.16. The van der Waals surface area contributed by atoms with Crippen molar-refractivity contribution in [2.75, 3.05) is 12.4 Å². The average Bonchev–Trinajstić information content (AvgIpc) is 2.69. The summed E-state index contributed by atoms with van der Waals surface area (Å²) in [7, 11) is 1.34. The summed E-state index contributed by atoms with van der Waals surface area (Å²) in [5.41, 5.74) is 1.65. The molecule has 0 spiro atoms. The number of alkyl halides is 3. The number of benzene rings is 3. The first kappa shape index (κ1) is 19.6. The lowest BCUT2D eigenvalue weighted by Gasteiger charge is -2.11. The monoisotopic (exact) mass is 418 g/mol. The number of ether oxygens (including phenoxy) is 2. The minimum Gasteiger partial charge on any atom is -0.494 e. The molecular weight excluding hydrogens is 404 g/mol. The van der Waals surface area contributed by atoms with Gasteiger partial charge in [0, 0.05) is 33.7 Å². The Morgan fingerprint density at radius 1 is 0.900 bits per heavy atom. The van der Waals surface area contributed by atoms with E-state index in [-0.39, 0.29) is 22.3 Å². The molecule has 0 unspecified atom stereocenters. The van der Waals surface area contributed by atoms with Crippen LogP contribution >= 0.6 is 0 Å². The van der Waals surface area contributed by atoms with Gasteiger partial charge in [0.15, 0.2) is 17.0 Å². The molecule has 5 nitrogen and oxygen atoms in total. The number of halogens is 4. The first-order valence-corrected chi connectivity index (χ1v) is 8.69. The Hall–Kier alpha value is -3.75. The molecule has 0 radical (unpaired) electrons. The quantitative estimate of drug-likeness (QED) is 0.341. The standard InChI is InChI=1S/C21H14F4N2O3/c1-29-19-10-18-15(9-16(19)22)20(28)14-8-12(4-7-17(14)27-18)26-11-2-5-13(6-3-11)30-21(23,24)25/h2-10,26H,1H3,(H,27,28). The fraction of sp³-hybridized carbons (Fsp3) is 0.0952. The van der Waals surface area contributed by atoms with Crippen molar-refractivity contribution in [3.05, 3.63) is 70.6 Å². The Morgan fingerprint density at radius 2 is 1.57 bits per heavy atom. The van der Waals surface area contributed by atoms with E-state index in [1.54, 1.807) is 18.2 Å². The Morgan fingerprint density at radius 3 is 2.23 bits per heavy atom.